The minimum absolute atomic E-state index is 0.0638. The Balaban J connectivity index is 2.10. The molecular weight excluding hydrogens is 250 g/mol. The lowest BCUT2D eigenvalue weighted by molar-refractivity contribution is -0.119. The number of carbonyl (C=O) groups is 1. The van der Waals surface area contributed by atoms with Crippen LogP contribution in [0.4, 0.5) is 0 Å². The first-order valence-corrected chi connectivity index (χ1v) is 6.93. The second-order valence-electron chi connectivity index (χ2n) is 3.89. The van der Waals surface area contributed by atoms with E-state index < -0.39 is 6.10 Å². The molecule has 0 bridgehead atoms. The molecule has 0 saturated heterocycles. The highest BCUT2D eigenvalue weighted by molar-refractivity contribution is 7.99. The fourth-order valence-electron chi connectivity index (χ4n) is 1.37. The fraction of sp³-hybridized carbons (Fsp3) is 0.462. The molecule has 1 atom stereocenters. The van der Waals surface area contributed by atoms with Crippen LogP contribution in [-0.2, 0) is 15.3 Å². The number of amides is 1. The van der Waals surface area contributed by atoms with E-state index in [4.69, 9.17) is 4.74 Å². The van der Waals surface area contributed by atoms with Crippen molar-refractivity contribution in [2.45, 2.75) is 11.9 Å². The zero-order valence-electron chi connectivity index (χ0n) is 10.5. The zero-order chi connectivity index (χ0) is 13.2. The fourth-order valence-corrected chi connectivity index (χ4v) is 2.19. The molecule has 1 rings (SSSR count). The maximum Gasteiger partial charge on any atom is 0.230 e. The van der Waals surface area contributed by atoms with Gasteiger partial charge in [0.1, 0.15) is 0 Å². The van der Waals surface area contributed by atoms with Crippen molar-refractivity contribution < 1.29 is 14.6 Å². The predicted octanol–water partition coefficient (Wildman–Crippen LogP) is 1.04. The quantitative estimate of drug-likeness (QED) is 0.740. The molecule has 1 unspecified atom stereocenters. The maximum atomic E-state index is 11.5. The van der Waals surface area contributed by atoms with Crippen molar-refractivity contribution in [1.29, 1.82) is 0 Å². The van der Waals surface area contributed by atoms with Crippen LogP contribution < -0.4 is 5.32 Å². The lowest BCUT2D eigenvalue weighted by atomic mass is 10.2. The molecule has 1 aromatic rings. The van der Waals surface area contributed by atoms with Crippen molar-refractivity contribution in [3.8, 4) is 0 Å². The molecule has 0 aliphatic heterocycles. The number of nitrogens with one attached hydrogen (secondary N) is 1. The zero-order valence-corrected chi connectivity index (χ0v) is 11.3. The molecule has 0 aliphatic carbocycles. The number of aliphatic hydroxyl groups is 1. The SMILES string of the molecule is COCC(O)CNC(=O)CSCc1ccccc1. The first kappa shape index (κ1) is 15.0. The van der Waals surface area contributed by atoms with Crippen LogP contribution >= 0.6 is 11.8 Å². The molecule has 1 amide bonds. The summed E-state index contributed by atoms with van der Waals surface area (Å²) in [6.45, 7) is 0.468. The molecular formula is C13H19NO3S. The lowest BCUT2D eigenvalue weighted by Crippen LogP contribution is -2.35. The summed E-state index contributed by atoms with van der Waals surface area (Å²) in [7, 11) is 1.51. The van der Waals surface area contributed by atoms with Gasteiger partial charge < -0.3 is 15.2 Å². The molecule has 0 aromatic heterocycles. The highest BCUT2D eigenvalue weighted by atomic mass is 32.2. The van der Waals surface area contributed by atoms with E-state index in [0.29, 0.717) is 5.75 Å². The van der Waals surface area contributed by atoms with Gasteiger partial charge in [-0.05, 0) is 5.56 Å². The van der Waals surface area contributed by atoms with Gasteiger partial charge >= 0.3 is 0 Å². The molecule has 0 radical (unpaired) electrons. The van der Waals surface area contributed by atoms with Crippen LogP contribution in [0.2, 0.25) is 0 Å². The molecule has 1 aromatic carbocycles. The van der Waals surface area contributed by atoms with Gasteiger partial charge in [0, 0.05) is 19.4 Å². The largest absolute Gasteiger partial charge is 0.389 e. The number of methoxy groups -OCH3 is 1. The number of hydrogen-bond donors (Lipinski definition) is 2. The van der Waals surface area contributed by atoms with E-state index in [1.54, 1.807) is 11.8 Å². The molecule has 2 N–H and O–H groups in total. The summed E-state index contributed by atoms with van der Waals surface area (Å²) in [5.41, 5.74) is 1.20. The third-order valence-electron chi connectivity index (χ3n) is 2.24. The normalized spacial score (nSPS) is 12.1. The highest BCUT2D eigenvalue weighted by Gasteiger charge is 2.06. The van der Waals surface area contributed by atoms with Crippen LogP contribution in [0.25, 0.3) is 0 Å². The van der Waals surface area contributed by atoms with Gasteiger partial charge in [0.25, 0.3) is 0 Å². The standard InChI is InChI=1S/C13H19NO3S/c1-17-8-12(15)7-14-13(16)10-18-9-11-5-3-2-4-6-11/h2-6,12,15H,7-10H2,1H3,(H,14,16). The van der Waals surface area contributed by atoms with Crippen molar-refractivity contribution in [2.24, 2.45) is 0 Å². The summed E-state index contributed by atoms with van der Waals surface area (Å²) < 4.78 is 4.77. The van der Waals surface area contributed by atoms with E-state index in [-0.39, 0.29) is 19.1 Å². The van der Waals surface area contributed by atoms with Crippen LogP contribution in [0.5, 0.6) is 0 Å². The summed E-state index contributed by atoms with van der Waals surface area (Å²) in [4.78, 5) is 11.5. The second kappa shape index (κ2) is 8.97. The minimum atomic E-state index is -0.641. The van der Waals surface area contributed by atoms with Gasteiger partial charge in [0.15, 0.2) is 0 Å². The third-order valence-corrected chi connectivity index (χ3v) is 3.24. The third kappa shape index (κ3) is 6.64. The Morgan fingerprint density at radius 1 is 1.44 bits per heavy atom. The van der Waals surface area contributed by atoms with Crippen LogP contribution in [-0.4, -0.2) is 43.1 Å². The van der Waals surface area contributed by atoms with Gasteiger partial charge in [-0.25, -0.2) is 0 Å². The topological polar surface area (TPSA) is 58.6 Å². The van der Waals surface area contributed by atoms with E-state index in [1.165, 1.54) is 12.7 Å². The Labute approximate surface area is 112 Å². The average molecular weight is 269 g/mol. The lowest BCUT2D eigenvalue weighted by Gasteiger charge is -2.10. The minimum Gasteiger partial charge on any atom is -0.389 e. The molecule has 18 heavy (non-hydrogen) atoms. The Morgan fingerprint density at radius 2 is 2.17 bits per heavy atom. The van der Waals surface area contributed by atoms with Crippen LogP contribution in [0.15, 0.2) is 30.3 Å². The van der Waals surface area contributed by atoms with Gasteiger partial charge in [-0.2, -0.15) is 0 Å². The number of rotatable bonds is 8. The highest BCUT2D eigenvalue weighted by Crippen LogP contribution is 2.10. The number of aliphatic hydroxyl groups excluding tert-OH is 1. The van der Waals surface area contributed by atoms with E-state index in [0.717, 1.165) is 5.75 Å². The number of benzene rings is 1. The number of carbonyl (C=O) groups excluding carboxylic acids is 1. The Morgan fingerprint density at radius 3 is 2.83 bits per heavy atom. The van der Waals surface area contributed by atoms with Crippen molar-refractivity contribution >= 4 is 17.7 Å². The molecule has 100 valence electrons. The second-order valence-corrected chi connectivity index (χ2v) is 4.88. The average Bonchev–Trinajstić information content (AvgIpc) is 2.38. The Bertz CT molecular complexity index is 345. The first-order valence-electron chi connectivity index (χ1n) is 5.77. The Kier molecular flexibility index (Phi) is 7.48. The van der Waals surface area contributed by atoms with Crippen molar-refractivity contribution in [3.63, 3.8) is 0 Å². The summed E-state index contributed by atoms with van der Waals surface area (Å²) in [6.07, 6.45) is -0.641. The van der Waals surface area contributed by atoms with Gasteiger partial charge in [0.2, 0.25) is 5.91 Å². The van der Waals surface area contributed by atoms with Crippen molar-refractivity contribution in [2.75, 3.05) is 26.0 Å². The Hall–Kier alpha value is -1.04. The van der Waals surface area contributed by atoms with Crippen LogP contribution in [0, 0.1) is 0 Å². The summed E-state index contributed by atoms with van der Waals surface area (Å²) >= 11 is 1.55. The van der Waals surface area contributed by atoms with Gasteiger partial charge in [-0.15, -0.1) is 11.8 Å². The monoisotopic (exact) mass is 269 g/mol. The van der Waals surface area contributed by atoms with E-state index >= 15 is 0 Å². The molecule has 5 heteroatoms. The predicted molar refractivity (Wildman–Crippen MR) is 73.5 cm³/mol. The molecule has 0 aliphatic rings. The summed E-state index contributed by atoms with van der Waals surface area (Å²) in [6, 6.07) is 10.0. The summed E-state index contributed by atoms with van der Waals surface area (Å²) in [5.74, 6) is 1.15. The van der Waals surface area contributed by atoms with Gasteiger partial charge in [-0.1, -0.05) is 30.3 Å². The van der Waals surface area contributed by atoms with Crippen molar-refractivity contribution in [3.05, 3.63) is 35.9 Å². The number of hydrogen-bond acceptors (Lipinski definition) is 4. The van der Waals surface area contributed by atoms with Gasteiger partial charge in [-0.3, -0.25) is 4.79 Å². The number of thioether (sulfide) groups is 1. The van der Waals surface area contributed by atoms with E-state index in [2.05, 4.69) is 5.32 Å². The molecule has 0 spiro atoms. The summed E-state index contributed by atoms with van der Waals surface area (Å²) in [5, 5.41) is 12.0. The van der Waals surface area contributed by atoms with E-state index in [9.17, 15) is 9.90 Å². The van der Waals surface area contributed by atoms with Gasteiger partial charge in [0.05, 0.1) is 18.5 Å². The van der Waals surface area contributed by atoms with Crippen LogP contribution in [0.3, 0.4) is 0 Å². The number of ether oxygens (including phenoxy) is 1. The first-order chi connectivity index (χ1) is 8.72. The molecule has 0 saturated carbocycles. The molecule has 0 heterocycles. The maximum absolute atomic E-state index is 11.5. The van der Waals surface area contributed by atoms with E-state index in [1.807, 2.05) is 30.3 Å². The van der Waals surface area contributed by atoms with Crippen molar-refractivity contribution in [1.82, 2.24) is 5.32 Å². The smallest absolute Gasteiger partial charge is 0.230 e. The van der Waals surface area contributed by atoms with Crippen LogP contribution in [0.1, 0.15) is 5.56 Å². The molecule has 0 fully saturated rings. The molecule has 4 nitrogen and oxygen atoms in total.